The molecule has 0 spiro atoms. The predicted octanol–water partition coefficient (Wildman–Crippen LogP) is 2.26. The molecule has 0 aliphatic carbocycles. The molecule has 0 aliphatic heterocycles. The van der Waals surface area contributed by atoms with Crippen LogP contribution >= 0.6 is 0 Å². The third-order valence-corrected chi connectivity index (χ3v) is 4.35. The first kappa shape index (κ1) is 19.0. The number of ether oxygens (including phenoxy) is 1. The van der Waals surface area contributed by atoms with Gasteiger partial charge in [-0.2, -0.15) is 0 Å². The molecule has 3 heterocycles. The molecule has 3 N–H and O–H groups in total. The molecule has 1 unspecified atom stereocenters. The highest BCUT2D eigenvalue weighted by molar-refractivity contribution is 6.04. The fourth-order valence-electron chi connectivity index (χ4n) is 3.00. The SMILES string of the molecule is CCOCc1nc2c(N)nc3cccnc3c2n1CC(C)NC(=O)C(C)C. The number of imidazole rings is 1. The van der Waals surface area contributed by atoms with Gasteiger partial charge in [0.2, 0.25) is 5.91 Å². The first-order valence-corrected chi connectivity index (χ1v) is 9.19. The number of rotatable bonds is 7. The molecular formula is C19H26N6O2. The van der Waals surface area contributed by atoms with E-state index in [1.807, 2.05) is 44.4 Å². The maximum atomic E-state index is 12.1. The average molecular weight is 370 g/mol. The molecule has 3 aromatic heterocycles. The lowest BCUT2D eigenvalue weighted by Gasteiger charge is -2.18. The first-order valence-electron chi connectivity index (χ1n) is 9.19. The molecule has 0 aromatic carbocycles. The van der Waals surface area contributed by atoms with Gasteiger partial charge in [0.15, 0.2) is 5.82 Å². The van der Waals surface area contributed by atoms with Gasteiger partial charge in [-0.25, -0.2) is 9.97 Å². The van der Waals surface area contributed by atoms with E-state index >= 15 is 0 Å². The van der Waals surface area contributed by atoms with Crippen molar-refractivity contribution < 1.29 is 9.53 Å². The third kappa shape index (κ3) is 3.85. The number of nitrogen functional groups attached to an aromatic ring is 1. The highest BCUT2D eigenvalue weighted by Gasteiger charge is 2.20. The van der Waals surface area contributed by atoms with Crippen molar-refractivity contribution in [2.24, 2.45) is 5.92 Å². The summed E-state index contributed by atoms with van der Waals surface area (Å²) in [5.74, 6) is 1.05. The standard InChI is InChI=1S/C19H26N6O2/c1-5-27-10-14-24-16-17(15-13(23-18(16)20)7-6-8-21-15)25(14)9-12(4)22-19(26)11(2)3/h6-8,11-12H,5,9-10H2,1-4H3,(H2,20,23)(H,22,26). The van der Waals surface area contributed by atoms with Crippen LogP contribution in [0, 0.1) is 5.92 Å². The number of nitrogens with one attached hydrogen (secondary N) is 1. The Labute approximate surface area is 158 Å². The summed E-state index contributed by atoms with van der Waals surface area (Å²) in [7, 11) is 0. The fraction of sp³-hybridized carbons (Fsp3) is 0.474. The van der Waals surface area contributed by atoms with E-state index in [4.69, 9.17) is 10.5 Å². The van der Waals surface area contributed by atoms with Crippen LogP contribution in [0.4, 0.5) is 5.82 Å². The summed E-state index contributed by atoms with van der Waals surface area (Å²) in [5, 5.41) is 3.03. The van der Waals surface area contributed by atoms with Crippen LogP contribution in [-0.4, -0.2) is 38.1 Å². The zero-order valence-electron chi connectivity index (χ0n) is 16.2. The minimum absolute atomic E-state index is 0.0162. The van der Waals surface area contributed by atoms with Crippen LogP contribution in [-0.2, 0) is 22.7 Å². The Morgan fingerprint density at radius 2 is 2.07 bits per heavy atom. The molecule has 8 heteroatoms. The Morgan fingerprint density at radius 3 is 2.78 bits per heavy atom. The summed E-state index contributed by atoms with van der Waals surface area (Å²) in [6.07, 6.45) is 1.73. The molecule has 0 radical (unpaired) electrons. The zero-order chi connectivity index (χ0) is 19.6. The summed E-state index contributed by atoms with van der Waals surface area (Å²) >= 11 is 0. The number of nitrogens with two attached hydrogens (primary N) is 1. The Kier molecular flexibility index (Phi) is 5.55. The van der Waals surface area contributed by atoms with Crippen molar-refractivity contribution >= 4 is 33.8 Å². The van der Waals surface area contributed by atoms with Gasteiger partial charge >= 0.3 is 0 Å². The van der Waals surface area contributed by atoms with Crippen LogP contribution in [0.2, 0.25) is 0 Å². The highest BCUT2D eigenvalue weighted by atomic mass is 16.5. The van der Waals surface area contributed by atoms with E-state index in [1.165, 1.54) is 0 Å². The second kappa shape index (κ2) is 7.87. The van der Waals surface area contributed by atoms with Gasteiger partial charge in [-0.1, -0.05) is 13.8 Å². The van der Waals surface area contributed by atoms with Crippen molar-refractivity contribution in [3.63, 3.8) is 0 Å². The Morgan fingerprint density at radius 1 is 1.30 bits per heavy atom. The summed E-state index contributed by atoms with van der Waals surface area (Å²) in [6.45, 7) is 9.12. The second-order valence-electron chi connectivity index (χ2n) is 6.91. The van der Waals surface area contributed by atoms with Crippen LogP contribution in [0.25, 0.3) is 22.1 Å². The summed E-state index contributed by atoms with van der Waals surface area (Å²) in [6, 6.07) is 3.61. The minimum atomic E-state index is -0.0918. The van der Waals surface area contributed by atoms with Crippen LogP contribution < -0.4 is 11.1 Å². The number of nitrogens with zero attached hydrogens (tertiary/aromatic N) is 4. The molecule has 8 nitrogen and oxygen atoms in total. The van der Waals surface area contributed by atoms with E-state index in [9.17, 15) is 4.79 Å². The molecule has 0 fully saturated rings. The molecule has 0 bridgehead atoms. The van der Waals surface area contributed by atoms with Gasteiger partial charge < -0.3 is 20.4 Å². The van der Waals surface area contributed by atoms with Gasteiger partial charge in [0.05, 0.1) is 5.52 Å². The monoisotopic (exact) mass is 370 g/mol. The lowest BCUT2D eigenvalue weighted by molar-refractivity contribution is -0.124. The van der Waals surface area contributed by atoms with Crippen molar-refractivity contribution in [1.82, 2.24) is 24.8 Å². The van der Waals surface area contributed by atoms with Crippen molar-refractivity contribution in [2.45, 2.75) is 46.9 Å². The van der Waals surface area contributed by atoms with Crippen LogP contribution in [0.15, 0.2) is 18.3 Å². The third-order valence-electron chi connectivity index (χ3n) is 4.35. The van der Waals surface area contributed by atoms with E-state index in [1.54, 1.807) is 6.20 Å². The molecule has 0 saturated carbocycles. The quantitative estimate of drug-likeness (QED) is 0.660. The molecule has 3 aromatic rings. The lowest BCUT2D eigenvalue weighted by Crippen LogP contribution is -2.38. The van der Waals surface area contributed by atoms with E-state index in [2.05, 4.69) is 20.3 Å². The second-order valence-corrected chi connectivity index (χ2v) is 6.91. The van der Waals surface area contributed by atoms with Gasteiger partial charge in [0, 0.05) is 31.3 Å². The van der Waals surface area contributed by atoms with E-state index in [0.717, 1.165) is 16.9 Å². The number of aromatic nitrogens is 4. The zero-order valence-corrected chi connectivity index (χ0v) is 16.2. The average Bonchev–Trinajstić information content (AvgIpc) is 2.99. The van der Waals surface area contributed by atoms with Crippen molar-refractivity contribution in [3.8, 4) is 0 Å². The Balaban J connectivity index is 2.11. The topological polar surface area (TPSA) is 108 Å². The van der Waals surface area contributed by atoms with E-state index < -0.39 is 0 Å². The smallest absolute Gasteiger partial charge is 0.222 e. The number of amides is 1. The van der Waals surface area contributed by atoms with Gasteiger partial charge in [-0.15, -0.1) is 0 Å². The van der Waals surface area contributed by atoms with Gasteiger partial charge in [0.25, 0.3) is 0 Å². The number of carbonyl (C=O) groups is 1. The molecule has 1 amide bonds. The number of anilines is 1. The minimum Gasteiger partial charge on any atom is -0.382 e. The number of carbonyl (C=O) groups excluding carboxylic acids is 1. The Bertz CT molecular complexity index is 966. The van der Waals surface area contributed by atoms with Crippen LogP contribution in [0.5, 0.6) is 0 Å². The number of hydrogen-bond acceptors (Lipinski definition) is 6. The van der Waals surface area contributed by atoms with Crippen molar-refractivity contribution in [1.29, 1.82) is 0 Å². The highest BCUT2D eigenvalue weighted by Crippen LogP contribution is 2.28. The molecule has 27 heavy (non-hydrogen) atoms. The Hall–Kier alpha value is -2.74. The van der Waals surface area contributed by atoms with Crippen LogP contribution in [0.3, 0.4) is 0 Å². The maximum Gasteiger partial charge on any atom is 0.222 e. The van der Waals surface area contributed by atoms with Crippen molar-refractivity contribution in [3.05, 3.63) is 24.2 Å². The predicted molar refractivity (Wildman–Crippen MR) is 105 cm³/mol. The van der Waals surface area contributed by atoms with Gasteiger partial charge in [0.1, 0.15) is 29.0 Å². The molecule has 3 rings (SSSR count). The molecule has 0 aliphatic rings. The van der Waals surface area contributed by atoms with E-state index in [-0.39, 0.29) is 17.9 Å². The number of fused-ring (bicyclic) bond motifs is 3. The molecular weight excluding hydrogens is 344 g/mol. The molecule has 1 atom stereocenters. The maximum absolute atomic E-state index is 12.1. The fourth-order valence-corrected chi connectivity index (χ4v) is 3.00. The number of hydrogen-bond donors (Lipinski definition) is 2. The largest absolute Gasteiger partial charge is 0.382 e. The van der Waals surface area contributed by atoms with Gasteiger partial charge in [-0.3, -0.25) is 9.78 Å². The lowest BCUT2D eigenvalue weighted by atomic mass is 10.2. The summed E-state index contributed by atoms with van der Waals surface area (Å²) in [4.78, 5) is 25.6. The molecule has 144 valence electrons. The van der Waals surface area contributed by atoms with Gasteiger partial charge in [-0.05, 0) is 26.0 Å². The van der Waals surface area contributed by atoms with E-state index in [0.29, 0.717) is 36.6 Å². The van der Waals surface area contributed by atoms with Crippen LogP contribution in [0.1, 0.15) is 33.5 Å². The first-order chi connectivity index (χ1) is 12.9. The molecule has 0 saturated heterocycles. The number of pyridine rings is 2. The summed E-state index contributed by atoms with van der Waals surface area (Å²) in [5.41, 5.74) is 9.04. The normalized spacial score (nSPS) is 12.8. The summed E-state index contributed by atoms with van der Waals surface area (Å²) < 4.78 is 7.62. The van der Waals surface area contributed by atoms with Crippen molar-refractivity contribution in [2.75, 3.05) is 12.3 Å².